The van der Waals surface area contributed by atoms with Gasteiger partial charge in [0.1, 0.15) is 0 Å². The zero-order valence-electron chi connectivity index (χ0n) is 15.0. The zero-order valence-corrected chi connectivity index (χ0v) is 15.0. The van der Waals surface area contributed by atoms with Crippen molar-refractivity contribution in [1.82, 2.24) is 0 Å². The fourth-order valence-corrected chi connectivity index (χ4v) is 3.28. The van der Waals surface area contributed by atoms with E-state index < -0.39 is 0 Å². The molecule has 3 aromatic carbocycles. The van der Waals surface area contributed by atoms with Crippen molar-refractivity contribution in [3.63, 3.8) is 0 Å². The molecule has 1 atom stereocenters. The van der Waals surface area contributed by atoms with Crippen molar-refractivity contribution in [3.8, 4) is 0 Å². The van der Waals surface area contributed by atoms with Crippen molar-refractivity contribution >= 4 is 11.8 Å². The second-order valence-corrected chi connectivity index (χ2v) is 6.56. The van der Waals surface area contributed by atoms with Gasteiger partial charge in [0.25, 0.3) is 0 Å². The average molecular weight is 327 g/mol. The molecule has 3 aromatic rings. The first-order valence-corrected chi connectivity index (χ1v) is 8.71. The molecule has 3 rings (SSSR count). The quantitative estimate of drug-likeness (QED) is 0.555. The molecule has 0 aliphatic rings. The Morgan fingerprint density at radius 3 is 2.12 bits per heavy atom. The van der Waals surface area contributed by atoms with Gasteiger partial charge in [-0.3, -0.25) is 0 Å². The molecule has 25 heavy (non-hydrogen) atoms. The average Bonchev–Trinajstić information content (AvgIpc) is 2.67. The summed E-state index contributed by atoms with van der Waals surface area (Å²) >= 11 is 0. The van der Waals surface area contributed by atoms with Crippen molar-refractivity contribution in [2.75, 3.05) is 19.0 Å². The number of anilines is 1. The van der Waals surface area contributed by atoms with Crippen LogP contribution in [0.2, 0.25) is 0 Å². The molecular weight excluding hydrogens is 302 g/mol. The maximum absolute atomic E-state index is 4.01. The summed E-state index contributed by atoms with van der Waals surface area (Å²) in [7, 11) is 4.15. The highest BCUT2D eigenvalue weighted by Crippen LogP contribution is 2.32. The summed E-state index contributed by atoms with van der Waals surface area (Å²) in [4.78, 5) is 2.13. The molecule has 1 heteroatoms. The van der Waals surface area contributed by atoms with E-state index in [2.05, 4.69) is 104 Å². The van der Waals surface area contributed by atoms with Crippen LogP contribution in [0.15, 0.2) is 85.4 Å². The number of rotatable bonds is 6. The van der Waals surface area contributed by atoms with Gasteiger partial charge in [-0.05, 0) is 40.8 Å². The molecule has 1 nitrogen and oxygen atoms in total. The summed E-state index contributed by atoms with van der Waals surface area (Å²) in [5.74, 6) is 0.313. The molecule has 0 aliphatic heterocycles. The van der Waals surface area contributed by atoms with Crippen LogP contribution in [0.1, 0.15) is 28.2 Å². The van der Waals surface area contributed by atoms with Gasteiger partial charge in [0, 0.05) is 25.7 Å². The maximum atomic E-state index is 4.01. The van der Waals surface area contributed by atoms with Crippen molar-refractivity contribution in [2.45, 2.75) is 12.3 Å². The zero-order chi connectivity index (χ0) is 17.6. The Labute approximate surface area is 151 Å². The second-order valence-electron chi connectivity index (χ2n) is 6.56. The van der Waals surface area contributed by atoms with Crippen LogP contribution in [0.25, 0.3) is 6.08 Å². The predicted octanol–water partition coefficient (Wildman–Crippen LogP) is 5.77. The van der Waals surface area contributed by atoms with Crippen LogP contribution < -0.4 is 4.90 Å². The van der Waals surface area contributed by atoms with Gasteiger partial charge < -0.3 is 4.90 Å². The highest BCUT2D eigenvalue weighted by molar-refractivity contribution is 5.56. The summed E-state index contributed by atoms with van der Waals surface area (Å²) in [6.45, 7) is 4.01. The predicted molar refractivity (Wildman–Crippen MR) is 109 cm³/mol. The number of benzene rings is 3. The molecule has 0 amide bonds. The van der Waals surface area contributed by atoms with E-state index in [4.69, 9.17) is 0 Å². The first-order chi connectivity index (χ1) is 12.2. The third kappa shape index (κ3) is 4.00. The number of hydrogen-bond donors (Lipinski definition) is 0. The lowest BCUT2D eigenvalue weighted by molar-refractivity contribution is 0.803. The van der Waals surface area contributed by atoms with Crippen LogP contribution in [0, 0.1) is 0 Å². The van der Waals surface area contributed by atoms with E-state index >= 15 is 0 Å². The van der Waals surface area contributed by atoms with Gasteiger partial charge in [-0.2, -0.15) is 0 Å². The molecule has 0 saturated heterocycles. The van der Waals surface area contributed by atoms with Crippen LogP contribution in [-0.4, -0.2) is 14.1 Å². The summed E-state index contributed by atoms with van der Waals surface area (Å²) in [6, 6.07) is 28.2. The normalized spacial score (nSPS) is 11.8. The highest BCUT2D eigenvalue weighted by Gasteiger charge is 2.17. The van der Waals surface area contributed by atoms with Gasteiger partial charge in [-0.1, -0.05) is 79.4 Å². The summed E-state index contributed by atoms with van der Waals surface area (Å²) in [6.07, 6.45) is 2.94. The van der Waals surface area contributed by atoms with Crippen LogP contribution >= 0.6 is 0 Å². The van der Waals surface area contributed by atoms with Gasteiger partial charge in [0.2, 0.25) is 0 Å². The molecule has 0 heterocycles. The van der Waals surface area contributed by atoms with Gasteiger partial charge in [0.15, 0.2) is 0 Å². The maximum Gasteiger partial charge on any atom is 0.0361 e. The number of nitrogens with zero attached hydrogens (tertiary/aromatic N) is 1. The van der Waals surface area contributed by atoms with E-state index in [1.165, 1.54) is 27.9 Å². The molecule has 0 bridgehead atoms. The fourth-order valence-electron chi connectivity index (χ4n) is 3.28. The minimum atomic E-state index is 0.313. The minimum Gasteiger partial charge on any atom is -0.378 e. The molecular formula is C24H25N. The molecule has 126 valence electrons. The van der Waals surface area contributed by atoms with Gasteiger partial charge in [0.05, 0.1) is 0 Å². The lowest BCUT2D eigenvalue weighted by Gasteiger charge is -2.22. The third-order valence-electron chi connectivity index (χ3n) is 4.69. The molecule has 0 aromatic heterocycles. The van der Waals surface area contributed by atoms with Gasteiger partial charge >= 0.3 is 0 Å². The summed E-state index contributed by atoms with van der Waals surface area (Å²) in [5.41, 5.74) is 6.45. The Morgan fingerprint density at radius 2 is 1.48 bits per heavy atom. The van der Waals surface area contributed by atoms with E-state index in [9.17, 15) is 0 Å². The van der Waals surface area contributed by atoms with Crippen LogP contribution in [-0.2, 0) is 6.42 Å². The first-order valence-electron chi connectivity index (χ1n) is 8.71. The summed E-state index contributed by atoms with van der Waals surface area (Å²) in [5, 5.41) is 0. The van der Waals surface area contributed by atoms with Crippen LogP contribution in [0.5, 0.6) is 0 Å². The Bertz CT molecular complexity index is 816. The molecule has 0 radical (unpaired) electrons. The molecule has 1 unspecified atom stereocenters. The minimum absolute atomic E-state index is 0.313. The molecule has 0 N–H and O–H groups in total. The van der Waals surface area contributed by atoms with E-state index in [-0.39, 0.29) is 0 Å². The van der Waals surface area contributed by atoms with Gasteiger partial charge in [-0.15, -0.1) is 0 Å². The Balaban J connectivity index is 2.03. The summed E-state index contributed by atoms with van der Waals surface area (Å²) < 4.78 is 0. The fraction of sp³-hybridized carbons (Fsp3) is 0.167. The van der Waals surface area contributed by atoms with E-state index in [1.54, 1.807) is 0 Å². The first kappa shape index (κ1) is 17.0. The van der Waals surface area contributed by atoms with Crippen molar-refractivity contribution in [2.24, 2.45) is 0 Å². The third-order valence-corrected chi connectivity index (χ3v) is 4.69. The Hall–Kier alpha value is -2.80. The second kappa shape index (κ2) is 7.85. The highest BCUT2D eigenvalue weighted by atomic mass is 15.1. The Kier molecular flexibility index (Phi) is 5.35. The lowest BCUT2D eigenvalue weighted by atomic mass is 9.83. The van der Waals surface area contributed by atoms with Crippen LogP contribution in [0.3, 0.4) is 0 Å². The SMILES string of the molecule is C=Cc1ccccc1C(Cc1ccccc1)c1ccc(N(C)C)cc1. The molecule has 0 spiro atoms. The van der Waals surface area contributed by atoms with E-state index in [1.807, 2.05) is 6.08 Å². The topological polar surface area (TPSA) is 3.24 Å². The van der Waals surface area contributed by atoms with Crippen LogP contribution in [0.4, 0.5) is 5.69 Å². The van der Waals surface area contributed by atoms with E-state index in [0.717, 1.165) is 6.42 Å². The Morgan fingerprint density at radius 1 is 0.840 bits per heavy atom. The van der Waals surface area contributed by atoms with Crippen molar-refractivity contribution in [3.05, 3.63) is 108 Å². The molecule has 0 saturated carbocycles. The molecule has 0 aliphatic carbocycles. The number of hydrogen-bond acceptors (Lipinski definition) is 1. The van der Waals surface area contributed by atoms with Gasteiger partial charge in [-0.25, -0.2) is 0 Å². The monoisotopic (exact) mass is 327 g/mol. The van der Waals surface area contributed by atoms with Crippen molar-refractivity contribution < 1.29 is 0 Å². The largest absolute Gasteiger partial charge is 0.378 e. The standard InChI is InChI=1S/C24H25N/c1-4-20-12-8-9-13-23(20)24(18-19-10-6-5-7-11-19)21-14-16-22(17-15-21)25(2)3/h4-17,24H,1,18H2,2-3H3. The van der Waals surface area contributed by atoms with Crippen molar-refractivity contribution in [1.29, 1.82) is 0 Å². The smallest absolute Gasteiger partial charge is 0.0361 e. The van der Waals surface area contributed by atoms with E-state index in [0.29, 0.717) is 5.92 Å². The molecule has 0 fully saturated rings. The lowest BCUT2D eigenvalue weighted by Crippen LogP contribution is -2.10.